The highest BCUT2D eigenvalue weighted by Crippen LogP contribution is 2.03. The molecule has 26 heavy (non-hydrogen) atoms. The fraction of sp³-hybridized carbons (Fsp3) is 0.409. The Labute approximate surface area is 164 Å². The van der Waals surface area contributed by atoms with E-state index in [1.165, 1.54) is 12.2 Å². The van der Waals surface area contributed by atoms with E-state index in [9.17, 15) is 15.0 Å². The summed E-state index contributed by atoms with van der Waals surface area (Å²) in [5.74, 6) is -0.815. The largest absolute Gasteiger partial charge is 0.481 e. The third-order valence-electron chi connectivity index (χ3n) is 3.15. The van der Waals surface area contributed by atoms with Gasteiger partial charge in [-0.05, 0) is 32.1 Å². The van der Waals surface area contributed by atoms with E-state index >= 15 is 0 Å². The van der Waals surface area contributed by atoms with Crippen molar-refractivity contribution in [2.45, 2.75) is 57.5 Å². The molecule has 0 saturated carbocycles. The van der Waals surface area contributed by atoms with Gasteiger partial charge in [0.2, 0.25) is 0 Å². The van der Waals surface area contributed by atoms with E-state index in [1.54, 1.807) is 30.4 Å². The normalized spacial score (nSPS) is 19.4. The van der Waals surface area contributed by atoms with Crippen LogP contribution in [0.1, 0.15) is 52.2 Å². The summed E-state index contributed by atoms with van der Waals surface area (Å²) < 4.78 is 36.1. The average molecular weight is 366 g/mol. The molecule has 0 aliphatic heterocycles. The molecule has 0 amide bonds. The Kier molecular flexibility index (Phi) is 10.9. The third-order valence-corrected chi connectivity index (χ3v) is 3.15. The lowest BCUT2D eigenvalue weighted by atomic mass is 10.1. The molecule has 0 unspecified atom stereocenters. The second kappa shape index (κ2) is 17.6. The minimum atomic E-state index is -2.72. The molecule has 0 aromatic carbocycles. The van der Waals surface area contributed by atoms with Crippen molar-refractivity contribution in [3.05, 3.63) is 72.9 Å². The van der Waals surface area contributed by atoms with E-state index in [1.807, 2.05) is 24.3 Å². The molecule has 0 spiro atoms. The Balaban J connectivity index is 4.15. The molecule has 4 heteroatoms. The third kappa shape index (κ3) is 16.7. The molecule has 3 N–H and O–H groups in total. The van der Waals surface area contributed by atoms with E-state index in [-0.39, 0.29) is 12.8 Å². The molecule has 0 bridgehead atoms. The smallest absolute Gasteiger partial charge is 0.303 e. The number of carboxylic acid groups (broad SMARTS) is 1. The van der Waals surface area contributed by atoms with Crippen LogP contribution in [0.4, 0.5) is 0 Å². The van der Waals surface area contributed by atoms with Gasteiger partial charge in [0.15, 0.2) is 0 Å². The molecule has 2 atom stereocenters. The van der Waals surface area contributed by atoms with Gasteiger partial charge in [-0.2, -0.15) is 0 Å². The van der Waals surface area contributed by atoms with Gasteiger partial charge in [0.1, 0.15) is 0 Å². The second-order valence-electron chi connectivity index (χ2n) is 5.38. The minimum Gasteiger partial charge on any atom is -0.481 e. The maximum absolute atomic E-state index is 10.3. The number of carboxylic acids is 1. The topological polar surface area (TPSA) is 77.8 Å². The molecule has 0 radical (unpaired) electrons. The standard InChI is InChI=1S/C22H32O4/c1-2-3-4-5-11-14-17-20(23)21(24)18-15-12-9-7-6-8-10-13-16-19-22(25)26/h3-4,6-7,9-15,18,20-21,23-24H,2,5,8,16-17,19H2,1H3,(H,25,26)/b4-3-,7-6-,12-9+,13-10-,14-11-,18-15+/t20-,21+/m0/s1/i1D3,2D2. The lowest BCUT2D eigenvalue weighted by molar-refractivity contribution is -0.136. The maximum Gasteiger partial charge on any atom is 0.303 e. The highest BCUT2D eigenvalue weighted by molar-refractivity contribution is 5.66. The van der Waals surface area contributed by atoms with Crippen molar-refractivity contribution >= 4 is 5.97 Å². The van der Waals surface area contributed by atoms with Crippen molar-refractivity contribution < 1.29 is 27.0 Å². The van der Waals surface area contributed by atoms with Gasteiger partial charge in [-0.3, -0.25) is 4.79 Å². The molecule has 0 aromatic heterocycles. The molecular weight excluding hydrogens is 328 g/mol. The summed E-state index contributed by atoms with van der Waals surface area (Å²) >= 11 is 0. The van der Waals surface area contributed by atoms with E-state index in [4.69, 9.17) is 12.0 Å². The molecule has 0 fully saturated rings. The van der Waals surface area contributed by atoms with Gasteiger partial charge in [0.05, 0.1) is 12.2 Å². The summed E-state index contributed by atoms with van der Waals surface area (Å²) in [7, 11) is 0. The summed E-state index contributed by atoms with van der Waals surface area (Å²) in [6, 6.07) is 0. The van der Waals surface area contributed by atoms with Gasteiger partial charge in [0.25, 0.3) is 0 Å². The lowest BCUT2D eigenvalue weighted by Crippen LogP contribution is -2.22. The Hall–Kier alpha value is -2.17. The predicted molar refractivity (Wildman–Crippen MR) is 108 cm³/mol. The Bertz CT molecular complexity index is 689. The number of aliphatic carboxylic acids is 1. The lowest BCUT2D eigenvalue weighted by Gasteiger charge is -2.11. The van der Waals surface area contributed by atoms with Crippen LogP contribution in [0.25, 0.3) is 0 Å². The Morgan fingerprint density at radius 2 is 1.65 bits per heavy atom. The Morgan fingerprint density at radius 1 is 0.962 bits per heavy atom. The summed E-state index contributed by atoms with van der Waals surface area (Å²) in [5, 5.41) is 28.3. The second-order valence-corrected chi connectivity index (χ2v) is 5.38. The molecule has 0 rings (SSSR count). The van der Waals surface area contributed by atoms with Gasteiger partial charge < -0.3 is 15.3 Å². The molecule has 0 aliphatic rings. The first-order chi connectivity index (χ1) is 14.5. The zero-order valence-electron chi connectivity index (χ0n) is 19.9. The number of aliphatic hydroxyl groups is 2. The van der Waals surface area contributed by atoms with Crippen LogP contribution in [0, 0.1) is 0 Å². The summed E-state index contributed by atoms with van der Waals surface area (Å²) in [6.07, 6.45) is 17.1. The predicted octanol–water partition coefficient (Wildman–Crippen LogP) is 4.49. The van der Waals surface area contributed by atoms with Gasteiger partial charge >= 0.3 is 5.97 Å². The number of carbonyl (C=O) groups is 1. The van der Waals surface area contributed by atoms with Crippen LogP contribution in [0.3, 0.4) is 0 Å². The van der Waals surface area contributed by atoms with Crippen molar-refractivity contribution in [2.75, 3.05) is 0 Å². The van der Waals surface area contributed by atoms with Crippen LogP contribution in [0.5, 0.6) is 0 Å². The molecule has 0 aromatic rings. The first kappa shape index (κ1) is 16.0. The molecule has 144 valence electrons. The number of hydrogen-bond acceptors (Lipinski definition) is 3. The van der Waals surface area contributed by atoms with Crippen molar-refractivity contribution in [3.8, 4) is 0 Å². The van der Waals surface area contributed by atoms with Crippen molar-refractivity contribution in [1.29, 1.82) is 0 Å². The monoisotopic (exact) mass is 365 g/mol. The maximum atomic E-state index is 10.3. The van der Waals surface area contributed by atoms with Crippen molar-refractivity contribution in [3.63, 3.8) is 0 Å². The van der Waals surface area contributed by atoms with Crippen LogP contribution in [-0.2, 0) is 4.79 Å². The Morgan fingerprint density at radius 3 is 2.42 bits per heavy atom. The zero-order chi connectivity index (χ0) is 23.8. The number of rotatable bonds is 14. The highest BCUT2D eigenvalue weighted by Gasteiger charge is 2.10. The first-order valence-corrected chi connectivity index (χ1v) is 8.53. The number of allylic oxidation sites excluding steroid dienone is 10. The van der Waals surface area contributed by atoms with Crippen LogP contribution >= 0.6 is 0 Å². The van der Waals surface area contributed by atoms with Crippen molar-refractivity contribution in [1.82, 2.24) is 0 Å². The summed E-state index contributed by atoms with van der Waals surface area (Å²) in [4.78, 5) is 10.3. The van der Waals surface area contributed by atoms with Crippen molar-refractivity contribution in [2.24, 2.45) is 0 Å². The molecule has 0 heterocycles. The SMILES string of the molecule is [2H]C([2H])([2H])C([2H])([2H])/C=C\C/C=C\C[C@H](O)[C@H](O)/C=C/C=C/C=C\C/C=C\CCC(=O)O. The first-order valence-electron chi connectivity index (χ1n) is 11.0. The van der Waals surface area contributed by atoms with E-state index in [0.29, 0.717) is 19.3 Å². The molecule has 0 saturated heterocycles. The quantitative estimate of drug-likeness (QED) is 0.313. The van der Waals surface area contributed by atoms with E-state index in [0.717, 1.165) is 6.08 Å². The average Bonchev–Trinajstić information content (AvgIpc) is 2.67. The van der Waals surface area contributed by atoms with Crippen LogP contribution in [0.2, 0.25) is 0 Å². The van der Waals surface area contributed by atoms with E-state index < -0.39 is 31.4 Å². The fourth-order valence-electron chi connectivity index (χ4n) is 1.77. The van der Waals surface area contributed by atoms with Crippen LogP contribution in [-0.4, -0.2) is 33.5 Å². The highest BCUT2D eigenvalue weighted by atomic mass is 16.4. The number of aliphatic hydroxyl groups excluding tert-OH is 2. The molecule has 0 aliphatic carbocycles. The molecule has 4 nitrogen and oxygen atoms in total. The minimum absolute atomic E-state index is 0.122. The fourth-order valence-corrected chi connectivity index (χ4v) is 1.77. The zero-order valence-corrected chi connectivity index (χ0v) is 14.9. The van der Waals surface area contributed by atoms with Crippen LogP contribution in [0.15, 0.2) is 72.9 Å². The summed E-state index contributed by atoms with van der Waals surface area (Å²) in [5.41, 5.74) is 0. The number of hydrogen-bond donors (Lipinski definition) is 3. The van der Waals surface area contributed by atoms with Crippen LogP contribution < -0.4 is 0 Å². The summed E-state index contributed by atoms with van der Waals surface area (Å²) in [6.45, 7) is -2.72. The van der Waals surface area contributed by atoms with Gasteiger partial charge in [-0.1, -0.05) is 79.8 Å². The van der Waals surface area contributed by atoms with E-state index in [2.05, 4.69) is 0 Å². The molecular formula is C22H32O4. The van der Waals surface area contributed by atoms with Gasteiger partial charge in [-0.25, -0.2) is 0 Å². The van der Waals surface area contributed by atoms with Gasteiger partial charge in [-0.15, -0.1) is 0 Å². The van der Waals surface area contributed by atoms with Gasteiger partial charge in [0, 0.05) is 13.3 Å².